The number of para-hydroxylation sites is 1. The molecule has 0 N–H and O–H groups in total. The van der Waals surface area contributed by atoms with E-state index in [9.17, 15) is 4.79 Å². The highest BCUT2D eigenvalue weighted by Gasteiger charge is 2.26. The van der Waals surface area contributed by atoms with Gasteiger partial charge in [-0.05, 0) is 31.1 Å². The summed E-state index contributed by atoms with van der Waals surface area (Å²) in [6.45, 7) is 8.48. The fraction of sp³-hybridized carbons (Fsp3) is 0.500. The number of morpholine rings is 1. The SMILES string of the molecule is C=C(C)COc1ccccc1C(=O)N1CCOC(CCOC)C1. The summed E-state index contributed by atoms with van der Waals surface area (Å²) in [5, 5.41) is 0. The first-order valence-electron chi connectivity index (χ1n) is 7.88. The molecule has 1 amide bonds. The molecule has 1 saturated heterocycles. The Kier molecular flexibility index (Phi) is 6.62. The predicted octanol–water partition coefficient (Wildman–Crippen LogP) is 2.52. The van der Waals surface area contributed by atoms with E-state index in [0.717, 1.165) is 12.0 Å². The average molecular weight is 319 g/mol. The maximum absolute atomic E-state index is 12.8. The van der Waals surface area contributed by atoms with Gasteiger partial charge in [-0.2, -0.15) is 0 Å². The Morgan fingerprint density at radius 2 is 2.22 bits per heavy atom. The van der Waals surface area contributed by atoms with E-state index >= 15 is 0 Å². The van der Waals surface area contributed by atoms with E-state index in [1.54, 1.807) is 13.2 Å². The number of amides is 1. The molecule has 2 rings (SSSR count). The van der Waals surface area contributed by atoms with Crippen molar-refractivity contribution in [1.82, 2.24) is 4.90 Å². The van der Waals surface area contributed by atoms with Crippen molar-refractivity contribution >= 4 is 5.91 Å². The summed E-state index contributed by atoms with van der Waals surface area (Å²) >= 11 is 0. The Bertz CT molecular complexity index is 544. The second-order valence-corrected chi connectivity index (χ2v) is 5.77. The van der Waals surface area contributed by atoms with Gasteiger partial charge < -0.3 is 19.1 Å². The maximum Gasteiger partial charge on any atom is 0.257 e. The number of benzene rings is 1. The van der Waals surface area contributed by atoms with Gasteiger partial charge in [0.1, 0.15) is 12.4 Å². The van der Waals surface area contributed by atoms with Crippen LogP contribution in [0.1, 0.15) is 23.7 Å². The van der Waals surface area contributed by atoms with Crippen molar-refractivity contribution < 1.29 is 19.0 Å². The smallest absolute Gasteiger partial charge is 0.257 e. The number of hydrogen-bond acceptors (Lipinski definition) is 4. The summed E-state index contributed by atoms with van der Waals surface area (Å²) in [5.74, 6) is 0.577. The molecule has 1 aliphatic heterocycles. The van der Waals surface area contributed by atoms with Crippen LogP contribution in [0.15, 0.2) is 36.4 Å². The highest BCUT2D eigenvalue weighted by Crippen LogP contribution is 2.22. The molecular weight excluding hydrogens is 294 g/mol. The Morgan fingerprint density at radius 1 is 1.43 bits per heavy atom. The van der Waals surface area contributed by atoms with Gasteiger partial charge in [0, 0.05) is 26.8 Å². The molecule has 0 bridgehead atoms. The molecule has 1 fully saturated rings. The Balaban J connectivity index is 2.05. The van der Waals surface area contributed by atoms with Crippen LogP contribution in [0.2, 0.25) is 0 Å². The fourth-order valence-electron chi connectivity index (χ4n) is 2.47. The monoisotopic (exact) mass is 319 g/mol. The molecule has 0 spiro atoms. The molecule has 0 saturated carbocycles. The van der Waals surface area contributed by atoms with Crippen LogP contribution in [-0.2, 0) is 9.47 Å². The number of rotatable bonds is 7. The lowest BCUT2D eigenvalue weighted by Crippen LogP contribution is -2.46. The minimum absolute atomic E-state index is 0.0203. The standard InChI is InChI=1S/C18H25NO4/c1-14(2)13-23-17-7-5-4-6-16(17)18(20)19-9-11-22-15(12-19)8-10-21-3/h4-7,15H,1,8-13H2,2-3H3. The third kappa shape index (κ3) is 5.08. The van der Waals surface area contributed by atoms with Gasteiger partial charge in [-0.25, -0.2) is 0 Å². The van der Waals surface area contributed by atoms with Crippen molar-refractivity contribution in [2.45, 2.75) is 19.4 Å². The molecule has 1 aliphatic rings. The van der Waals surface area contributed by atoms with E-state index in [1.807, 2.05) is 30.0 Å². The van der Waals surface area contributed by atoms with Gasteiger partial charge in [-0.3, -0.25) is 4.79 Å². The molecule has 5 heteroatoms. The van der Waals surface area contributed by atoms with E-state index in [2.05, 4.69) is 6.58 Å². The van der Waals surface area contributed by atoms with E-state index in [4.69, 9.17) is 14.2 Å². The molecule has 1 aromatic carbocycles. The zero-order valence-electron chi connectivity index (χ0n) is 13.9. The summed E-state index contributed by atoms with van der Waals surface area (Å²) in [6, 6.07) is 7.34. The highest BCUT2D eigenvalue weighted by molar-refractivity contribution is 5.97. The van der Waals surface area contributed by atoms with Gasteiger partial charge >= 0.3 is 0 Å². The number of carbonyl (C=O) groups is 1. The lowest BCUT2D eigenvalue weighted by Gasteiger charge is -2.33. The van der Waals surface area contributed by atoms with Crippen LogP contribution in [0.25, 0.3) is 0 Å². The molecule has 1 atom stereocenters. The normalized spacial score (nSPS) is 17.8. The van der Waals surface area contributed by atoms with E-state index in [0.29, 0.717) is 44.2 Å². The van der Waals surface area contributed by atoms with Crippen LogP contribution in [0.5, 0.6) is 5.75 Å². The van der Waals surface area contributed by atoms with Crippen molar-refractivity contribution in [3.63, 3.8) is 0 Å². The third-order valence-corrected chi connectivity index (χ3v) is 3.66. The van der Waals surface area contributed by atoms with E-state index < -0.39 is 0 Å². The fourth-order valence-corrected chi connectivity index (χ4v) is 2.47. The predicted molar refractivity (Wildman–Crippen MR) is 88.9 cm³/mol. The van der Waals surface area contributed by atoms with Crippen molar-refractivity contribution in [2.24, 2.45) is 0 Å². The molecule has 1 heterocycles. The maximum atomic E-state index is 12.8. The molecule has 1 unspecified atom stereocenters. The molecule has 5 nitrogen and oxygen atoms in total. The second kappa shape index (κ2) is 8.70. The lowest BCUT2D eigenvalue weighted by molar-refractivity contribution is -0.0333. The van der Waals surface area contributed by atoms with Crippen molar-refractivity contribution in [2.75, 3.05) is 40.0 Å². The van der Waals surface area contributed by atoms with Gasteiger partial charge in [-0.1, -0.05) is 18.7 Å². The van der Waals surface area contributed by atoms with Gasteiger partial charge in [0.05, 0.1) is 18.3 Å². The molecule has 23 heavy (non-hydrogen) atoms. The summed E-state index contributed by atoms with van der Waals surface area (Å²) in [7, 11) is 1.67. The zero-order chi connectivity index (χ0) is 16.7. The minimum Gasteiger partial charge on any atom is -0.488 e. The number of hydrogen-bond donors (Lipinski definition) is 0. The van der Waals surface area contributed by atoms with Crippen LogP contribution in [0.3, 0.4) is 0 Å². The molecule has 1 aromatic rings. The van der Waals surface area contributed by atoms with Gasteiger partial charge in [0.2, 0.25) is 0 Å². The molecular formula is C18H25NO4. The van der Waals surface area contributed by atoms with Crippen LogP contribution >= 0.6 is 0 Å². The minimum atomic E-state index is -0.0203. The number of methoxy groups -OCH3 is 1. The Morgan fingerprint density at radius 3 is 2.96 bits per heavy atom. The average Bonchev–Trinajstić information content (AvgIpc) is 2.58. The summed E-state index contributed by atoms with van der Waals surface area (Å²) in [4.78, 5) is 14.6. The van der Waals surface area contributed by atoms with Gasteiger partial charge in [0.15, 0.2) is 0 Å². The summed E-state index contributed by atoms with van der Waals surface area (Å²) in [5.41, 5.74) is 1.50. The molecule has 0 radical (unpaired) electrons. The first-order chi connectivity index (χ1) is 11.1. The van der Waals surface area contributed by atoms with Gasteiger partial charge in [0.25, 0.3) is 5.91 Å². The summed E-state index contributed by atoms with van der Waals surface area (Å²) < 4.78 is 16.5. The Labute approximate surface area is 137 Å². The lowest BCUT2D eigenvalue weighted by atomic mass is 10.1. The first-order valence-corrected chi connectivity index (χ1v) is 7.88. The van der Waals surface area contributed by atoms with Crippen molar-refractivity contribution in [3.8, 4) is 5.75 Å². The van der Waals surface area contributed by atoms with Gasteiger partial charge in [-0.15, -0.1) is 0 Å². The quantitative estimate of drug-likeness (QED) is 0.725. The van der Waals surface area contributed by atoms with Crippen molar-refractivity contribution in [1.29, 1.82) is 0 Å². The largest absolute Gasteiger partial charge is 0.488 e. The zero-order valence-corrected chi connectivity index (χ0v) is 13.9. The van der Waals surface area contributed by atoms with Crippen LogP contribution in [0, 0.1) is 0 Å². The number of ether oxygens (including phenoxy) is 3. The van der Waals surface area contributed by atoms with E-state index in [-0.39, 0.29) is 12.0 Å². The number of carbonyl (C=O) groups excluding carboxylic acids is 1. The topological polar surface area (TPSA) is 48.0 Å². The van der Waals surface area contributed by atoms with E-state index in [1.165, 1.54) is 0 Å². The van der Waals surface area contributed by atoms with Crippen LogP contribution in [0.4, 0.5) is 0 Å². The molecule has 0 aromatic heterocycles. The molecule has 0 aliphatic carbocycles. The van der Waals surface area contributed by atoms with Crippen molar-refractivity contribution in [3.05, 3.63) is 42.0 Å². The highest BCUT2D eigenvalue weighted by atomic mass is 16.5. The third-order valence-electron chi connectivity index (χ3n) is 3.66. The Hall–Kier alpha value is -1.85. The van der Waals surface area contributed by atoms with Crippen LogP contribution < -0.4 is 4.74 Å². The second-order valence-electron chi connectivity index (χ2n) is 5.77. The molecule has 126 valence electrons. The number of nitrogens with zero attached hydrogens (tertiary/aromatic N) is 1. The summed E-state index contributed by atoms with van der Waals surface area (Å²) in [6.07, 6.45) is 0.810. The first kappa shape index (κ1) is 17.5. The van der Waals surface area contributed by atoms with Crippen LogP contribution in [-0.4, -0.2) is 56.9 Å².